The number of nitrogens with one attached hydrogen (secondary N) is 4. The first-order valence-corrected chi connectivity index (χ1v) is 18.9. The van der Waals surface area contributed by atoms with Crippen LogP contribution in [-0.4, -0.2) is 107 Å². The van der Waals surface area contributed by atoms with Gasteiger partial charge in [-0.15, -0.1) is 0 Å². The molecule has 2 unspecified atom stereocenters. The quantitative estimate of drug-likeness (QED) is 0.0620. The van der Waals surface area contributed by atoms with Gasteiger partial charge in [-0.25, -0.2) is 0 Å². The molecule has 0 aliphatic carbocycles. The number of epoxide rings is 1. The summed E-state index contributed by atoms with van der Waals surface area (Å²) in [6.45, 7) is 4.07. The molecule has 296 valence electrons. The van der Waals surface area contributed by atoms with Gasteiger partial charge in [0.1, 0.15) is 42.0 Å². The summed E-state index contributed by atoms with van der Waals surface area (Å²) in [5.41, 5.74) is 6.93. The number of aliphatic hydroxyl groups is 1. The van der Waals surface area contributed by atoms with Gasteiger partial charge in [-0.05, 0) is 81.0 Å². The highest BCUT2D eigenvalue weighted by Gasteiger charge is 2.36. The van der Waals surface area contributed by atoms with E-state index in [4.69, 9.17) is 10.5 Å². The molecule has 0 aromatic heterocycles. The lowest BCUT2D eigenvalue weighted by atomic mass is 9.93. The molecule has 6 atom stereocenters. The lowest BCUT2D eigenvalue weighted by molar-refractivity contribution is -0.143. The fourth-order valence-electron chi connectivity index (χ4n) is 6.55. The van der Waals surface area contributed by atoms with Crippen LogP contribution in [0, 0.1) is 0 Å². The molecule has 1 saturated heterocycles. The van der Waals surface area contributed by atoms with E-state index in [1.807, 2.05) is 0 Å². The fraction of sp³-hybridized carbons (Fsp3) is 0.564. The Hall–Kier alpha value is -4.57. The summed E-state index contributed by atoms with van der Waals surface area (Å²) in [4.78, 5) is 68.5. The van der Waals surface area contributed by atoms with Crippen molar-refractivity contribution in [2.45, 2.75) is 115 Å². The summed E-state index contributed by atoms with van der Waals surface area (Å²) in [5, 5.41) is 44.2. The summed E-state index contributed by atoms with van der Waals surface area (Å²) >= 11 is 0. The summed E-state index contributed by atoms with van der Waals surface area (Å²) in [6, 6.07) is 4.48. The van der Waals surface area contributed by atoms with Crippen LogP contribution in [-0.2, 0) is 35.1 Å². The molecule has 9 N–H and O–H groups in total. The number of aromatic hydroxyl groups is 2. The molecule has 15 heteroatoms. The van der Waals surface area contributed by atoms with E-state index in [0.717, 1.165) is 25.7 Å². The number of unbranched alkanes of at least 4 members (excludes halogenated alkanes) is 5. The molecule has 15 nitrogen and oxygen atoms in total. The number of nitrogens with zero attached hydrogens (tertiary/aromatic N) is 1. The average molecular weight is 753 g/mol. The van der Waals surface area contributed by atoms with Crippen LogP contribution in [0.5, 0.6) is 11.5 Å². The van der Waals surface area contributed by atoms with E-state index in [0.29, 0.717) is 38.0 Å². The number of hydrogen-bond acceptors (Lipinski definition) is 11. The van der Waals surface area contributed by atoms with Gasteiger partial charge in [0, 0.05) is 24.6 Å². The highest BCUT2D eigenvalue weighted by Crippen LogP contribution is 2.39. The predicted octanol–water partition coefficient (Wildman–Crippen LogP) is 1.66. The molecule has 2 heterocycles. The third kappa shape index (κ3) is 11.7. The first kappa shape index (κ1) is 42.2. The van der Waals surface area contributed by atoms with Crippen LogP contribution < -0.4 is 27.0 Å². The number of phenols is 2. The van der Waals surface area contributed by atoms with Crippen molar-refractivity contribution in [3.8, 4) is 22.6 Å². The van der Waals surface area contributed by atoms with E-state index in [2.05, 4.69) is 28.2 Å². The zero-order valence-electron chi connectivity index (χ0n) is 31.4. The van der Waals surface area contributed by atoms with Crippen LogP contribution in [0.3, 0.4) is 0 Å². The lowest BCUT2D eigenvalue weighted by Crippen LogP contribution is -2.57. The molecule has 0 saturated carbocycles. The second kappa shape index (κ2) is 20.2. The number of phenolic OH excluding ortho intramolecular Hbond substituents is 2. The highest BCUT2D eigenvalue weighted by atomic mass is 16.6. The van der Waals surface area contributed by atoms with E-state index >= 15 is 0 Å². The first-order chi connectivity index (χ1) is 25.8. The zero-order chi connectivity index (χ0) is 39.4. The van der Waals surface area contributed by atoms with Gasteiger partial charge in [0.25, 0.3) is 0 Å². The zero-order valence-corrected chi connectivity index (χ0v) is 31.4. The maximum absolute atomic E-state index is 14.3. The van der Waals surface area contributed by atoms with Crippen molar-refractivity contribution < 1.29 is 44.0 Å². The average Bonchev–Trinajstić information content (AvgIpc) is 4.00. The van der Waals surface area contributed by atoms with Crippen molar-refractivity contribution in [2.75, 3.05) is 26.7 Å². The largest absolute Gasteiger partial charge is 0.507 e. The molecular formula is C39H56N6O9. The summed E-state index contributed by atoms with van der Waals surface area (Å²) in [7, 11) is 1.43. The molecule has 4 amide bonds. The van der Waals surface area contributed by atoms with Crippen molar-refractivity contribution >= 4 is 29.4 Å². The monoisotopic (exact) mass is 752 g/mol. The first-order valence-electron chi connectivity index (χ1n) is 18.9. The topological polar surface area (TPSA) is 236 Å². The molecule has 4 rings (SSSR count). The van der Waals surface area contributed by atoms with Gasteiger partial charge in [-0.3, -0.25) is 29.3 Å². The minimum Gasteiger partial charge on any atom is -0.507 e. The van der Waals surface area contributed by atoms with E-state index in [-0.39, 0.29) is 65.7 Å². The Morgan fingerprint density at radius 2 is 1.65 bits per heavy atom. The molecule has 2 aliphatic rings. The van der Waals surface area contributed by atoms with Gasteiger partial charge in [-0.1, -0.05) is 44.7 Å². The maximum Gasteiger partial charge on any atom is 0.248 e. The maximum atomic E-state index is 14.3. The highest BCUT2D eigenvalue weighted by molar-refractivity contribution is 5.95. The summed E-state index contributed by atoms with van der Waals surface area (Å²) in [5.74, 6) is -2.84. The van der Waals surface area contributed by atoms with E-state index < -0.39 is 54.2 Å². The number of Topliss-reactive ketones (excluding diaryl/α,β-unsaturated/α-hetero) is 1. The lowest BCUT2D eigenvalue weighted by Gasteiger charge is -2.33. The molecule has 54 heavy (non-hydrogen) atoms. The Balaban J connectivity index is 1.68. The van der Waals surface area contributed by atoms with E-state index in [1.165, 1.54) is 43.1 Å². The number of fused-ring (bicyclic) bond motifs is 5. The standard InChI is InChI=1S/C39H56N6O9/c1-4-5-6-7-8-12-34(49)43-28(11-9-10-17-40)39(53)45(3)35-25-14-16-31(47)27(20-25)26-18-24(13-15-30(26)46)19-29(44-36(50)23(2)42-38(35)52)37(51)41-21-32(48)33-22-54-33/h13-16,18,20,23,28-29,33,35,37,41,46-47,51H,4-12,17,19,21-22,40H2,1-3H3,(H,42,52)(H,43,49)(H,44,50)/t23-,28-,29-,33?,35-,37?/m0/s1. The van der Waals surface area contributed by atoms with Crippen molar-refractivity contribution in [3.05, 3.63) is 47.5 Å². The minimum atomic E-state index is -1.40. The molecule has 4 bridgehead atoms. The van der Waals surface area contributed by atoms with Crippen LogP contribution in [0.2, 0.25) is 0 Å². The van der Waals surface area contributed by atoms with Crippen LogP contribution >= 0.6 is 0 Å². The van der Waals surface area contributed by atoms with Crippen LogP contribution in [0.4, 0.5) is 0 Å². The SMILES string of the molecule is CCCCCCCC(=O)N[C@@H](CCCCN)C(=O)N(C)[C@@H]1C(=O)N[C@@H](C)C(=O)N[C@H](C(O)NCC(=O)C2CO2)Cc2ccc(O)c(c2)-c2cc1ccc2O. The number of nitrogens with two attached hydrogens (primary N) is 1. The number of benzene rings is 2. The number of ether oxygens (including phenoxy) is 1. The van der Waals surface area contributed by atoms with Gasteiger partial charge in [0.05, 0.1) is 19.2 Å². The number of carbonyl (C=O) groups is 5. The van der Waals surface area contributed by atoms with E-state index in [9.17, 15) is 39.3 Å². The van der Waals surface area contributed by atoms with Crippen molar-refractivity contribution in [1.82, 2.24) is 26.2 Å². The van der Waals surface area contributed by atoms with Gasteiger partial charge in [-0.2, -0.15) is 0 Å². The van der Waals surface area contributed by atoms with Crippen LogP contribution in [0.15, 0.2) is 36.4 Å². The number of ketones is 1. The summed E-state index contributed by atoms with van der Waals surface area (Å²) in [6.07, 6.45) is 4.58. The Bertz CT molecular complexity index is 1630. The Kier molecular flexibility index (Phi) is 15.8. The number of rotatable bonds is 18. The summed E-state index contributed by atoms with van der Waals surface area (Å²) < 4.78 is 5.02. The molecule has 2 aliphatic heterocycles. The third-order valence-electron chi connectivity index (χ3n) is 9.85. The van der Waals surface area contributed by atoms with Crippen molar-refractivity contribution in [2.24, 2.45) is 5.73 Å². The Labute approximate surface area is 316 Å². The van der Waals surface area contributed by atoms with Crippen molar-refractivity contribution in [3.63, 3.8) is 0 Å². The van der Waals surface area contributed by atoms with Gasteiger partial charge < -0.3 is 46.6 Å². The number of likely N-dealkylation sites (N-methyl/N-ethyl adjacent to an activating group) is 1. The number of carbonyl (C=O) groups excluding carboxylic acids is 5. The van der Waals surface area contributed by atoms with Crippen LogP contribution in [0.25, 0.3) is 11.1 Å². The van der Waals surface area contributed by atoms with Gasteiger partial charge >= 0.3 is 0 Å². The molecule has 2 aromatic rings. The molecule has 0 radical (unpaired) electrons. The predicted molar refractivity (Wildman–Crippen MR) is 201 cm³/mol. The number of aliphatic hydroxyl groups excluding tert-OH is 1. The van der Waals surface area contributed by atoms with E-state index in [1.54, 1.807) is 12.1 Å². The molecular weight excluding hydrogens is 696 g/mol. The van der Waals surface area contributed by atoms with Crippen molar-refractivity contribution in [1.29, 1.82) is 0 Å². The Morgan fingerprint density at radius 1 is 0.963 bits per heavy atom. The Morgan fingerprint density at radius 3 is 2.33 bits per heavy atom. The fourth-order valence-corrected chi connectivity index (χ4v) is 6.55. The molecule has 2 aromatic carbocycles. The van der Waals surface area contributed by atoms with Gasteiger partial charge in [0.2, 0.25) is 23.6 Å². The number of hydrogen-bond donors (Lipinski definition) is 8. The second-order valence-corrected chi connectivity index (χ2v) is 14.2. The van der Waals surface area contributed by atoms with Crippen LogP contribution in [0.1, 0.15) is 88.8 Å². The minimum absolute atomic E-state index is 0.0400. The number of amides is 4. The molecule has 1 fully saturated rings. The third-order valence-corrected chi connectivity index (χ3v) is 9.85. The second-order valence-electron chi connectivity index (χ2n) is 14.2. The van der Waals surface area contributed by atoms with Gasteiger partial charge in [0.15, 0.2) is 5.78 Å². The smallest absolute Gasteiger partial charge is 0.248 e. The molecule has 0 spiro atoms. The normalized spacial score (nSPS) is 20.8.